The van der Waals surface area contributed by atoms with E-state index >= 15 is 0 Å². The fourth-order valence-electron chi connectivity index (χ4n) is 1.83. The van der Waals surface area contributed by atoms with Gasteiger partial charge in [0.05, 0.1) is 0 Å². The highest BCUT2D eigenvalue weighted by Crippen LogP contribution is 2.29. The van der Waals surface area contributed by atoms with Crippen LogP contribution in [0.1, 0.15) is 34.8 Å². The minimum absolute atomic E-state index is 0.197. The number of benzene rings is 2. The molecule has 2 aromatic rings. The second-order valence-corrected chi connectivity index (χ2v) is 5.80. The van der Waals surface area contributed by atoms with Gasteiger partial charge in [0.2, 0.25) is 0 Å². The summed E-state index contributed by atoms with van der Waals surface area (Å²) < 4.78 is 0. The maximum Gasteiger partial charge on any atom is 0.162 e. The van der Waals surface area contributed by atoms with Crippen LogP contribution in [0.5, 0.6) is 0 Å². The number of hydrogen-bond donors (Lipinski definition) is 0. The molecule has 0 heterocycles. The van der Waals surface area contributed by atoms with E-state index in [0.717, 1.165) is 10.5 Å². The molecule has 0 radical (unpaired) electrons. The molecule has 2 aromatic carbocycles. The molecule has 0 saturated heterocycles. The lowest BCUT2D eigenvalue weighted by molar-refractivity contribution is 0.0988. The Kier molecular flexibility index (Phi) is 4.43. The fraction of sp³-hybridized carbons (Fsp3) is 0.235. The first-order chi connectivity index (χ1) is 9.10. The molecule has 0 aliphatic heterocycles. The van der Waals surface area contributed by atoms with E-state index in [-0.39, 0.29) is 5.78 Å². The number of Topliss-reactive ketones (excluding diaryl/α,β-unsaturated/α-hetero) is 1. The molecule has 0 unspecified atom stereocenters. The molecule has 1 nitrogen and oxygen atoms in total. The summed E-state index contributed by atoms with van der Waals surface area (Å²) in [5, 5.41) is 0. The molecule has 2 heteroatoms. The number of rotatable bonds is 4. The van der Waals surface area contributed by atoms with E-state index in [4.69, 9.17) is 0 Å². The zero-order chi connectivity index (χ0) is 13.8. The third-order valence-electron chi connectivity index (χ3n) is 3.21. The summed E-state index contributed by atoms with van der Waals surface area (Å²) in [6.45, 7) is 6.14. The number of carbonyl (C=O) groups excluding carboxylic acids is 1. The van der Waals surface area contributed by atoms with Crippen LogP contribution in [0.15, 0.2) is 52.3 Å². The van der Waals surface area contributed by atoms with Crippen LogP contribution in [0.4, 0.5) is 0 Å². The molecule has 0 spiro atoms. The van der Waals surface area contributed by atoms with Gasteiger partial charge in [-0.2, -0.15) is 0 Å². The number of ketones is 1. The Bertz CT molecular complexity index is 585. The summed E-state index contributed by atoms with van der Waals surface area (Å²) in [6, 6.07) is 14.3. The minimum atomic E-state index is 0.197. The average Bonchev–Trinajstić information content (AvgIpc) is 2.43. The van der Waals surface area contributed by atoms with Crippen molar-refractivity contribution in [2.24, 2.45) is 0 Å². The minimum Gasteiger partial charge on any atom is -0.294 e. The summed E-state index contributed by atoms with van der Waals surface area (Å²) in [5.41, 5.74) is 3.42. The monoisotopic (exact) mass is 270 g/mol. The second kappa shape index (κ2) is 6.07. The Morgan fingerprint density at radius 3 is 2.16 bits per heavy atom. The lowest BCUT2D eigenvalue weighted by atomic mass is 10.1. The maximum atomic E-state index is 11.6. The predicted octanol–water partition coefficient (Wildman–Crippen LogP) is 5.05. The fourth-order valence-corrected chi connectivity index (χ4v) is 2.74. The van der Waals surface area contributed by atoms with Crippen molar-refractivity contribution in [1.29, 1.82) is 0 Å². The summed E-state index contributed by atoms with van der Waals surface area (Å²) in [5.74, 6) is 0.197. The van der Waals surface area contributed by atoms with Gasteiger partial charge in [0, 0.05) is 21.8 Å². The van der Waals surface area contributed by atoms with Crippen LogP contribution < -0.4 is 0 Å². The average molecular weight is 270 g/mol. The lowest BCUT2D eigenvalue weighted by Gasteiger charge is -2.06. The maximum absolute atomic E-state index is 11.6. The Morgan fingerprint density at radius 2 is 1.58 bits per heavy atom. The smallest absolute Gasteiger partial charge is 0.162 e. The molecule has 0 saturated carbocycles. The molecule has 0 atom stereocenters. The molecule has 0 aromatic heterocycles. The molecular formula is C17H18OS. The topological polar surface area (TPSA) is 17.1 Å². The standard InChI is InChI=1S/C17H18OS/c1-4-17(18)14-6-9-15(10-7-14)19-16-8-5-12(2)13(3)11-16/h5-11H,4H2,1-3H3. The van der Waals surface area contributed by atoms with Gasteiger partial charge in [-0.15, -0.1) is 0 Å². The quantitative estimate of drug-likeness (QED) is 0.723. The normalized spacial score (nSPS) is 10.5. The molecule has 0 aliphatic rings. The van der Waals surface area contributed by atoms with Gasteiger partial charge in [-0.25, -0.2) is 0 Å². The second-order valence-electron chi connectivity index (χ2n) is 4.65. The first kappa shape index (κ1) is 13.9. The van der Waals surface area contributed by atoms with Crippen LogP contribution >= 0.6 is 11.8 Å². The predicted molar refractivity (Wildman–Crippen MR) is 81.1 cm³/mol. The zero-order valence-electron chi connectivity index (χ0n) is 11.6. The summed E-state index contributed by atoms with van der Waals surface area (Å²) in [4.78, 5) is 14.0. The number of hydrogen-bond acceptors (Lipinski definition) is 2. The third kappa shape index (κ3) is 3.48. The summed E-state index contributed by atoms with van der Waals surface area (Å²) in [7, 11) is 0. The Hall–Kier alpha value is -1.54. The van der Waals surface area contributed by atoms with Gasteiger partial charge in [-0.1, -0.05) is 36.9 Å². The highest BCUT2D eigenvalue weighted by atomic mass is 32.2. The zero-order valence-corrected chi connectivity index (χ0v) is 12.4. The van der Waals surface area contributed by atoms with E-state index in [1.54, 1.807) is 11.8 Å². The molecule has 0 aliphatic carbocycles. The van der Waals surface area contributed by atoms with Gasteiger partial charge in [-0.05, 0) is 49.2 Å². The molecule has 98 valence electrons. The van der Waals surface area contributed by atoms with Crippen molar-refractivity contribution in [3.8, 4) is 0 Å². The van der Waals surface area contributed by atoms with E-state index in [0.29, 0.717) is 6.42 Å². The Balaban J connectivity index is 2.15. The van der Waals surface area contributed by atoms with Crippen molar-refractivity contribution < 1.29 is 4.79 Å². The Morgan fingerprint density at radius 1 is 0.947 bits per heavy atom. The van der Waals surface area contributed by atoms with Gasteiger partial charge in [0.25, 0.3) is 0 Å². The summed E-state index contributed by atoms with van der Waals surface area (Å²) >= 11 is 1.73. The number of carbonyl (C=O) groups is 1. The van der Waals surface area contributed by atoms with Crippen molar-refractivity contribution >= 4 is 17.5 Å². The van der Waals surface area contributed by atoms with Crippen LogP contribution in [0.25, 0.3) is 0 Å². The third-order valence-corrected chi connectivity index (χ3v) is 4.21. The van der Waals surface area contributed by atoms with Gasteiger partial charge >= 0.3 is 0 Å². The van der Waals surface area contributed by atoms with Crippen molar-refractivity contribution in [3.05, 3.63) is 59.2 Å². The van der Waals surface area contributed by atoms with E-state index < -0.39 is 0 Å². The van der Waals surface area contributed by atoms with Gasteiger partial charge < -0.3 is 0 Å². The van der Waals surface area contributed by atoms with Gasteiger partial charge in [0.1, 0.15) is 0 Å². The largest absolute Gasteiger partial charge is 0.294 e. The van der Waals surface area contributed by atoms with Crippen LogP contribution in [-0.4, -0.2) is 5.78 Å². The highest BCUT2D eigenvalue weighted by Gasteiger charge is 2.04. The van der Waals surface area contributed by atoms with Crippen molar-refractivity contribution in [1.82, 2.24) is 0 Å². The lowest BCUT2D eigenvalue weighted by Crippen LogP contribution is -1.95. The van der Waals surface area contributed by atoms with Crippen LogP contribution in [0, 0.1) is 13.8 Å². The van der Waals surface area contributed by atoms with Gasteiger partial charge in [-0.3, -0.25) is 4.79 Å². The van der Waals surface area contributed by atoms with Crippen LogP contribution in [0.2, 0.25) is 0 Å². The van der Waals surface area contributed by atoms with E-state index in [2.05, 4.69) is 32.0 Å². The molecule has 0 bridgehead atoms. The van der Waals surface area contributed by atoms with E-state index in [1.165, 1.54) is 16.0 Å². The summed E-state index contributed by atoms with van der Waals surface area (Å²) in [6.07, 6.45) is 0.559. The van der Waals surface area contributed by atoms with Crippen molar-refractivity contribution in [3.63, 3.8) is 0 Å². The molecular weight excluding hydrogens is 252 g/mol. The highest BCUT2D eigenvalue weighted by molar-refractivity contribution is 7.99. The number of aryl methyl sites for hydroxylation is 2. The van der Waals surface area contributed by atoms with Gasteiger partial charge in [0.15, 0.2) is 5.78 Å². The molecule has 0 N–H and O–H groups in total. The Labute approximate surface area is 119 Å². The van der Waals surface area contributed by atoms with Crippen molar-refractivity contribution in [2.75, 3.05) is 0 Å². The molecule has 2 rings (SSSR count). The van der Waals surface area contributed by atoms with Crippen LogP contribution in [0.3, 0.4) is 0 Å². The molecule has 0 amide bonds. The molecule has 0 fully saturated rings. The van der Waals surface area contributed by atoms with E-state index in [1.807, 2.05) is 31.2 Å². The van der Waals surface area contributed by atoms with Crippen LogP contribution in [-0.2, 0) is 0 Å². The first-order valence-electron chi connectivity index (χ1n) is 6.48. The SMILES string of the molecule is CCC(=O)c1ccc(Sc2ccc(C)c(C)c2)cc1. The molecule has 19 heavy (non-hydrogen) atoms. The van der Waals surface area contributed by atoms with E-state index in [9.17, 15) is 4.79 Å². The first-order valence-corrected chi connectivity index (χ1v) is 7.30. The van der Waals surface area contributed by atoms with Crippen molar-refractivity contribution in [2.45, 2.75) is 37.0 Å².